The first-order valence-corrected chi connectivity index (χ1v) is 32.7. The average Bonchev–Trinajstić information content (AvgIpc) is 0.959. The second-order valence-corrected chi connectivity index (χ2v) is 26.5. The summed E-state index contributed by atoms with van der Waals surface area (Å²) in [6.45, 7) is 20.8. The van der Waals surface area contributed by atoms with Crippen LogP contribution < -0.4 is 10.2 Å². The zero-order valence-corrected chi connectivity index (χ0v) is 54.4. The van der Waals surface area contributed by atoms with Crippen molar-refractivity contribution in [1.82, 2.24) is 0 Å². The lowest BCUT2D eigenvalue weighted by Crippen LogP contribution is -2.31. The summed E-state index contributed by atoms with van der Waals surface area (Å²) in [5.41, 5.74) is 26.6. The Morgan fingerprint density at radius 1 is 0.348 bits per heavy atom. The van der Waals surface area contributed by atoms with Gasteiger partial charge in [0.1, 0.15) is 0 Å². The van der Waals surface area contributed by atoms with Crippen LogP contribution in [0.25, 0.3) is 44.5 Å². The van der Waals surface area contributed by atoms with Crippen molar-refractivity contribution >= 4 is 22.7 Å². The number of benzene rings is 11. The summed E-state index contributed by atoms with van der Waals surface area (Å²) in [5, 5.41) is 3.68. The topological polar surface area (TPSA) is 15.3 Å². The van der Waals surface area contributed by atoms with Crippen molar-refractivity contribution in [2.24, 2.45) is 5.92 Å². The van der Waals surface area contributed by atoms with E-state index in [9.17, 15) is 0 Å². The number of hydrogen-bond acceptors (Lipinski definition) is 2. The van der Waals surface area contributed by atoms with Crippen molar-refractivity contribution in [3.8, 4) is 44.5 Å². The molecule has 0 heterocycles. The molecule has 0 saturated carbocycles. The molecule has 0 radical (unpaired) electrons. The molecule has 11 rings (SSSR count). The maximum absolute atomic E-state index is 3.68. The van der Waals surface area contributed by atoms with Crippen molar-refractivity contribution in [3.63, 3.8) is 0 Å². The molecule has 2 heteroatoms. The van der Waals surface area contributed by atoms with E-state index in [2.05, 4.69) is 346 Å². The zero-order valence-electron chi connectivity index (χ0n) is 54.4. The molecular weight excluding hydrogens is 1070 g/mol. The molecule has 11 aromatic carbocycles. The summed E-state index contributed by atoms with van der Waals surface area (Å²) in [7, 11) is 2.17. The molecule has 1 N–H and O–H groups in total. The van der Waals surface area contributed by atoms with Gasteiger partial charge in [-0.1, -0.05) is 292 Å². The van der Waals surface area contributed by atoms with Crippen molar-refractivity contribution in [1.29, 1.82) is 0 Å². The van der Waals surface area contributed by atoms with Gasteiger partial charge in [0.25, 0.3) is 0 Å². The lowest BCUT2D eigenvalue weighted by molar-refractivity contribution is 0.453. The molecule has 0 spiro atoms. The number of aryl methyl sites for hydroxylation is 3. The predicted molar refractivity (Wildman–Crippen MR) is 384 cm³/mol. The quantitative estimate of drug-likeness (QED) is 0.0642. The monoisotopic (exact) mass is 1160 g/mol. The molecule has 89 heavy (non-hydrogen) atoms. The third-order valence-corrected chi connectivity index (χ3v) is 19.1. The van der Waals surface area contributed by atoms with Crippen LogP contribution in [0.1, 0.15) is 143 Å². The number of unbranched alkanes of at least 4 members (excludes halogenated alkanes) is 2. The van der Waals surface area contributed by atoms with E-state index in [0.717, 1.165) is 42.0 Å². The largest absolute Gasteiger partial charge is 0.356 e. The highest BCUT2D eigenvalue weighted by molar-refractivity contribution is 5.75. The zero-order chi connectivity index (χ0) is 62.1. The van der Waals surface area contributed by atoms with Gasteiger partial charge in [0, 0.05) is 46.0 Å². The molecule has 0 bridgehead atoms. The van der Waals surface area contributed by atoms with Gasteiger partial charge in [-0.15, -0.1) is 0 Å². The molecule has 2 nitrogen and oxygen atoms in total. The summed E-state index contributed by atoms with van der Waals surface area (Å²) in [4.78, 5) is 2.29. The highest BCUT2D eigenvalue weighted by Crippen LogP contribution is 2.47. The van der Waals surface area contributed by atoms with Crippen molar-refractivity contribution < 1.29 is 0 Å². The van der Waals surface area contributed by atoms with Crippen LogP contribution in [0.5, 0.6) is 0 Å². The van der Waals surface area contributed by atoms with Gasteiger partial charge >= 0.3 is 0 Å². The van der Waals surface area contributed by atoms with E-state index in [1.165, 1.54) is 126 Å². The van der Waals surface area contributed by atoms with Crippen molar-refractivity contribution in [2.45, 2.75) is 124 Å². The molecule has 0 saturated heterocycles. The maximum atomic E-state index is 3.68. The smallest absolute Gasteiger partial charge is 0.0453 e. The van der Waals surface area contributed by atoms with Crippen molar-refractivity contribution in [3.05, 3.63) is 323 Å². The molecule has 0 aliphatic rings. The van der Waals surface area contributed by atoms with E-state index in [1.807, 2.05) is 0 Å². The molecular formula is C87H90N2. The summed E-state index contributed by atoms with van der Waals surface area (Å²) in [5.74, 6) is 0.410. The van der Waals surface area contributed by atoms with Crippen LogP contribution in [0.3, 0.4) is 0 Å². The Hall–Kier alpha value is -8.98. The van der Waals surface area contributed by atoms with Gasteiger partial charge in [0.05, 0.1) is 0 Å². The molecule has 1 unspecified atom stereocenters. The van der Waals surface area contributed by atoms with Gasteiger partial charge in [-0.25, -0.2) is 0 Å². The summed E-state index contributed by atoms with van der Waals surface area (Å²) < 4.78 is 0. The van der Waals surface area contributed by atoms with E-state index >= 15 is 0 Å². The van der Waals surface area contributed by atoms with Crippen LogP contribution in [-0.4, -0.2) is 7.05 Å². The van der Waals surface area contributed by atoms with Crippen LogP contribution in [0.15, 0.2) is 267 Å². The summed E-state index contributed by atoms with van der Waals surface area (Å²) in [6.07, 6.45) is 8.11. The van der Waals surface area contributed by atoms with Gasteiger partial charge < -0.3 is 10.2 Å². The minimum atomic E-state index is -0.410. The normalized spacial score (nSPS) is 12.4. The molecule has 11 aromatic rings. The first-order chi connectivity index (χ1) is 43.1. The molecule has 0 aromatic heterocycles. The Bertz CT molecular complexity index is 4060. The first kappa shape index (κ1) is 61.7. The fraction of sp³-hybridized carbons (Fsp3) is 0.241. The Balaban J connectivity index is 0.830. The highest BCUT2D eigenvalue weighted by Gasteiger charge is 2.38. The SMILES string of the molecule is CCCCc1ccc(-c2cccc(Nc3ccc(C(C)(C)c4ccc(C(C)(C)c5ccc(C(CC(C)C)(c6ccc(-c7ccc(C)cc7)cc6)c6ccc(-c7ccc(N(C)c8cccc(-c9ccc(CCCC)cc9)c8)cc7)cc6)cc5)cc4)cc3)c2)cc1. The van der Waals surface area contributed by atoms with Crippen LogP contribution in [0.2, 0.25) is 0 Å². The van der Waals surface area contributed by atoms with Gasteiger partial charge in [-0.05, 0) is 188 Å². The number of anilines is 4. The number of rotatable bonds is 23. The summed E-state index contributed by atoms with van der Waals surface area (Å²) >= 11 is 0. The molecule has 0 aliphatic heterocycles. The number of nitrogens with one attached hydrogen (secondary N) is 1. The van der Waals surface area contributed by atoms with Crippen LogP contribution in [0.4, 0.5) is 22.7 Å². The van der Waals surface area contributed by atoms with E-state index < -0.39 is 5.41 Å². The minimum Gasteiger partial charge on any atom is -0.356 e. The third-order valence-electron chi connectivity index (χ3n) is 19.1. The number of nitrogens with zero attached hydrogens (tertiary/aromatic N) is 1. The molecule has 1 atom stereocenters. The second-order valence-electron chi connectivity index (χ2n) is 26.5. The number of hydrogen-bond donors (Lipinski definition) is 1. The molecule has 0 aliphatic carbocycles. The van der Waals surface area contributed by atoms with E-state index in [-0.39, 0.29) is 10.8 Å². The second kappa shape index (κ2) is 27.2. The van der Waals surface area contributed by atoms with Gasteiger partial charge in [-0.3, -0.25) is 0 Å². The maximum Gasteiger partial charge on any atom is 0.0453 e. The summed E-state index contributed by atoms with van der Waals surface area (Å²) in [6, 6.07) is 101. The van der Waals surface area contributed by atoms with Gasteiger partial charge in [0.15, 0.2) is 0 Å². The average molecular weight is 1160 g/mol. The van der Waals surface area contributed by atoms with Crippen LogP contribution in [-0.2, 0) is 29.1 Å². The Kier molecular flexibility index (Phi) is 18.8. The van der Waals surface area contributed by atoms with Crippen molar-refractivity contribution in [2.75, 3.05) is 17.3 Å². The van der Waals surface area contributed by atoms with E-state index in [0.29, 0.717) is 5.92 Å². The van der Waals surface area contributed by atoms with Gasteiger partial charge in [0.2, 0.25) is 0 Å². The lowest BCUT2D eigenvalue weighted by Gasteiger charge is -2.38. The highest BCUT2D eigenvalue weighted by atomic mass is 15.1. The Morgan fingerprint density at radius 2 is 0.697 bits per heavy atom. The fourth-order valence-corrected chi connectivity index (χ4v) is 13.2. The molecule has 0 fully saturated rings. The third kappa shape index (κ3) is 13.8. The standard InChI is InChI=1S/C87H90N2/c1-11-13-17-64-25-31-70(32-26-64)72-19-15-21-82(59-72)88-81-55-53-77(54-56-81)86(8,9)75-47-45-74(46-48-75)85(6,7)76-49-51-80(52-50-76)87(61-62(3)4,78-41-35-67(36-42-78)66-29-23-63(5)24-30-66)79-43-37-68(38-44-79)69-39-57-83(58-40-69)89(10)84-22-16-20-73(60-84)71-33-27-65(28-34-71)18-14-12-2/h15-16,19-60,62,88H,11-14,17-18,61H2,1-10H3. The van der Waals surface area contributed by atoms with E-state index in [1.54, 1.807) is 0 Å². The molecule has 448 valence electrons. The minimum absolute atomic E-state index is 0.195. The van der Waals surface area contributed by atoms with Crippen LogP contribution >= 0.6 is 0 Å². The lowest BCUT2D eigenvalue weighted by atomic mass is 9.64. The van der Waals surface area contributed by atoms with Gasteiger partial charge in [-0.2, -0.15) is 0 Å². The van der Waals surface area contributed by atoms with Crippen LogP contribution in [0, 0.1) is 12.8 Å². The Labute approximate surface area is 533 Å². The predicted octanol–water partition coefficient (Wildman–Crippen LogP) is 23.9. The Morgan fingerprint density at radius 3 is 1.12 bits per heavy atom. The fourth-order valence-electron chi connectivity index (χ4n) is 13.2. The molecule has 0 amide bonds. The van der Waals surface area contributed by atoms with E-state index in [4.69, 9.17) is 0 Å². The first-order valence-electron chi connectivity index (χ1n) is 32.7.